The smallest absolute Gasteiger partial charge is 0.325 e. The zero-order valence-electron chi connectivity index (χ0n) is 10.2. The van der Waals surface area contributed by atoms with Crippen LogP contribution < -0.4 is 4.72 Å². The van der Waals surface area contributed by atoms with Crippen molar-refractivity contribution in [1.29, 1.82) is 0 Å². The van der Waals surface area contributed by atoms with Crippen LogP contribution in [0.1, 0.15) is 19.5 Å². The second kappa shape index (κ2) is 5.91. The maximum atomic E-state index is 11.5. The number of carboxylic acid groups (broad SMARTS) is 1. The summed E-state index contributed by atoms with van der Waals surface area (Å²) >= 11 is 0. The number of nitrogens with one attached hydrogen (secondary N) is 1. The van der Waals surface area contributed by atoms with Gasteiger partial charge in [-0.3, -0.25) is 4.79 Å². The van der Waals surface area contributed by atoms with Crippen LogP contribution in [0.25, 0.3) is 0 Å². The molecule has 0 atom stereocenters. The summed E-state index contributed by atoms with van der Waals surface area (Å²) in [5.41, 5.74) is 0.378. The highest BCUT2D eigenvalue weighted by molar-refractivity contribution is 7.89. The standard InChI is InChI=1S/C9H16N4O4S/c1-7(2)6-18(16,17)10-3-8-4-13(12-11-8)5-9(14)15/h4,7,10H,3,5-6H2,1-2H3,(H,14,15). The first kappa shape index (κ1) is 14.6. The Labute approximate surface area is 105 Å². The van der Waals surface area contributed by atoms with Gasteiger partial charge in [0.15, 0.2) is 0 Å². The van der Waals surface area contributed by atoms with E-state index in [4.69, 9.17) is 5.11 Å². The van der Waals surface area contributed by atoms with Crippen molar-refractivity contribution < 1.29 is 18.3 Å². The Morgan fingerprint density at radius 2 is 2.22 bits per heavy atom. The van der Waals surface area contributed by atoms with Crippen molar-refractivity contribution in [1.82, 2.24) is 19.7 Å². The van der Waals surface area contributed by atoms with E-state index >= 15 is 0 Å². The van der Waals surface area contributed by atoms with Gasteiger partial charge >= 0.3 is 5.97 Å². The molecule has 1 rings (SSSR count). The number of carboxylic acids is 1. The molecule has 0 spiro atoms. The van der Waals surface area contributed by atoms with E-state index in [1.807, 2.05) is 13.8 Å². The molecular formula is C9H16N4O4S. The van der Waals surface area contributed by atoms with Crippen molar-refractivity contribution in [2.45, 2.75) is 26.9 Å². The van der Waals surface area contributed by atoms with Crippen LogP contribution in [-0.2, 0) is 27.9 Å². The highest BCUT2D eigenvalue weighted by Gasteiger charge is 2.13. The minimum atomic E-state index is -3.34. The molecule has 0 amide bonds. The summed E-state index contributed by atoms with van der Waals surface area (Å²) in [5, 5.41) is 15.8. The summed E-state index contributed by atoms with van der Waals surface area (Å²) in [6.45, 7) is 3.32. The van der Waals surface area contributed by atoms with Crippen LogP contribution in [0.15, 0.2) is 6.20 Å². The fourth-order valence-corrected chi connectivity index (χ4v) is 2.68. The highest BCUT2D eigenvalue weighted by Crippen LogP contribution is 1.99. The molecule has 0 aromatic carbocycles. The zero-order valence-corrected chi connectivity index (χ0v) is 11.0. The second-order valence-corrected chi connectivity index (χ2v) is 6.15. The summed E-state index contributed by atoms with van der Waals surface area (Å²) in [6, 6.07) is 0. The van der Waals surface area contributed by atoms with Crippen LogP contribution >= 0.6 is 0 Å². The topological polar surface area (TPSA) is 114 Å². The third kappa shape index (κ3) is 5.23. The molecule has 8 nitrogen and oxygen atoms in total. The van der Waals surface area contributed by atoms with Crippen LogP contribution in [0.3, 0.4) is 0 Å². The predicted molar refractivity (Wildman–Crippen MR) is 63.1 cm³/mol. The molecule has 1 aromatic heterocycles. The Balaban J connectivity index is 2.53. The van der Waals surface area contributed by atoms with E-state index in [2.05, 4.69) is 15.0 Å². The number of hydrogen-bond donors (Lipinski definition) is 2. The fourth-order valence-electron chi connectivity index (χ4n) is 1.32. The van der Waals surface area contributed by atoms with Crippen LogP contribution in [0, 0.1) is 5.92 Å². The molecule has 9 heteroatoms. The summed E-state index contributed by atoms with van der Waals surface area (Å²) in [4.78, 5) is 10.4. The Morgan fingerprint density at radius 1 is 1.56 bits per heavy atom. The molecule has 2 N–H and O–H groups in total. The number of rotatable bonds is 7. The average Bonchev–Trinajstić information content (AvgIpc) is 2.60. The number of nitrogens with zero attached hydrogens (tertiary/aromatic N) is 3. The summed E-state index contributed by atoms with van der Waals surface area (Å²) in [7, 11) is -3.34. The Bertz CT molecular complexity index is 508. The lowest BCUT2D eigenvalue weighted by Gasteiger charge is -2.06. The molecule has 0 unspecified atom stereocenters. The van der Waals surface area contributed by atoms with Crippen molar-refractivity contribution in [3.8, 4) is 0 Å². The maximum absolute atomic E-state index is 11.5. The first-order chi connectivity index (χ1) is 8.28. The Hall–Kier alpha value is -1.48. The molecule has 102 valence electrons. The van der Waals surface area contributed by atoms with Crippen molar-refractivity contribution in [3.63, 3.8) is 0 Å². The molecule has 1 aromatic rings. The molecule has 0 fully saturated rings. The molecule has 0 saturated carbocycles. The first-order valence-electron chi connectivity index (χ1n) is 5.36. The summed E-state index contributed by atoms with van der Waals surface area (Å²) < 4.78 is 26.6. The van der Waals surface area contributed by atoms with E-state index in [1.165, 1.54) is 6.20 Å². The van der Waals surface area contributed by atoms with Gasteiger partial charge in [0, 0.05) is 0 Å². The molecule has 0 aliphatic heterocycles. The van der Waals surface area contributed by atoms with Gasteiger partial charge in [-0.2, -0.15) is 0 Å². The fraction of sp³-hybridized carbons (Fsp3) is 0.667. The third-order valence-corrected chi connectivity index (χ3v) is 3.60. The van der Waals surface area contributed by atoms with E-state index in [9.17, 15) is 13.2 Å². The molecule has 0 aliphatic carbocycles. The Kier molecular flexibility index (Phi) is 4.79. The number of sulfonamides is 1. The van der Waals surface area contributed by atoms with E-state index in [0.717, 1.165) is 4.68 Å². The number of aliphatic carboxylic acids is 1. The van der Waals surface area contributed by atoms with Crippen molar-refractivity contribution in [2.75, 3.05) is 5.75 Å². The van der Waals surface area contributed by atoms with E-state index in [0.29, 0.717) is 5.69 Å². The highest BCUT2D eigenvalue weighted by atomic mass is 32.2. The van der Waals surface area contributed by atoms with E-state index in [-0.39, 0.29) is 24.8 Å². The van der Waals surface area contributed by atoms with Crippen molar-refractivity contribution in [3.05, 3.63) is 11.9 Å². The van der Waals surface area contributed by atoms with E-state index in [1.54, 1.807) is 0 Å². The largest absolute Gasteiger partial charge is 0.480 e. The zero-order chi connectivity index (χ0) is 13.8. The predicted octanol–water partition coefficient (Wildman–Crippen LogP) is -0.562. The van der Waals surface area contributed by atoms with Gasteiger partial charge in [-0.25, -0.2) is 17.8 Å². The van der Waals surface area contributed by atoms with Crippen molar-refractivity contribution >= 4 is 16.0 Å². The third-order valence-electron chi connectivity index (χ3n) is 1.91. The lowest BCUT2D eigenvalue weighted by molar-refractivity contribution is -0.137. The van der Waals surface area contributed by atoms with Crippen molar-refractivity contribution in [2.24, 2.45) is 5.92 Å². The molecule has 0 aliphatic rings. The van der Waals surface area contributed by atoms with Crippen LogP contribution in [0.2, 0.25) is 0 Å². The van der Waals surface area contributed by atoms with Gasteiger partial charge < -0.3 is 5.11 Å². The summed E-state index contributed by atoms with van der Waals surface area (Å²) in [5.74, 6) is -0.965. The number of hydrogen-bond acceptors (Lipinski definition) is 5. The van der Waals surface area contributed by atoms with Gasteiger partial charge in [0.05, 0.1) is 24.2 Å². The maximum Gasteiger partial charge on any atom is 0.325 e. The minimum absolute atomic E-state index is 0.00860. The normalized spacial score (nSPS) is 11.9. The minimum Gasteiger partial charge on any atom is -0.480 e. The lowest BCUT2D eigenvalue weighted by atomic mass is 10.3. The molecular weight excluding hydrogens is 260 g/mol. The van der Waals surface area contributed by atoms with Gasteiger partial charge in [0.25, 0.3) is 0 Å². The van der Waals surface area contributed by atoms with Crippen LogP contribution in [-0.4, -0.2) is 40.2 Å². The van der Waals surface area contributed by atoms with Gasteiger partial charge in [-0.1, -0.05) is 19.1 Å². The number of carbonyl (C=O) groups is 1. The van der Waals surface area contributed by atoms with Gasteiger partial charge in [-0.15, -0.1) is 5.10 Å². The molecule has 18 heavy (non-hydrogen) atoms. The van der Waals surface area contributed by atoms with E-state index < -0.39 is 16.0 Å². The van der Waals surface area contributed by atoms with Gasteiger partial charge in [-0.05, 0) is 5.92 Å². The Morgan fingerprint density at radius 3 is 2.78 bits per heavy atom. The average molecular weight is 276 g/mol. The van der Waals surface area contributed by atoms with Gasteiger partial charge in [0.2, 0.25) is 10.0 Å². The van der Waals surface area contributed by atoms with Gasteiger partial charge in [0.1, 0.15) is 6.54 Å². The summed E-state index contributed by atoms with van der Waals surface area (Å²) in [6.07, 6.45) is 1.39. The first-order valence-corrected chi connectivity index (χ1v) is 7.02. The number of aromatic nitrogens is 3. The molecule has 0 saturated heterocycles. The monoisotopic (exact) mass is 276 g/mol. The lowest BCUT2D eigenvalue weighted by Crippen LogP contribution is -2.28. The molecule has 1 heterocycles. The molecule has 0 radical (unpaired) electrons. The molecule has 0 bridgehead atoms. The quantitative estimate of drug-likeness (QED) is 0.690. The van der Waals surface area contributed by atoms with Crippen LogP contribution in [0.5, 0.6) is 0 Å². The SMILES string of the molecule is CC(C)CS(=O)(=O)NCc1cn(CC(=O)O)nn1. The van der Waals surface area contributed by atoms with Crippen LogP contribution in [0.4, 0.5) is 0 Å². The second-order valence-electron chi connectivity index (χ2n) is 4.30.